The van der Waals surface area contributed by atoms with Crippen molar-refractivity contribution in [3.8, 4) is 11.5 Å². The van der Waals surface area contributed by atoms with Gasteiger partial charge in [-0.1, -0.05) is 54.6 Å². The van der Waals surface area contributed by atoms with E-state index in [1.807, 2.05) is 83.8 Å². The van der Waals surface area contributed by atoms with E-state index in [1.165, 1.54) is 0 Å². The number of nitrogens with one attached hydrogen (secondary N) is 1. The van der Waals surface area contributed by atoms with Gasteiger partial charge in [-0.15, -0.1) is 0 Å². The van der Waals surface area contributed by atoms with Crippen LogP contribution in [0, 0.1) is 0 Å². The molecule has 3 aliphatic rings. The smallest absolute Gasteiger partial charge is 0.250 e. The summed E-state index contributed by atoms with van der Waals surface area (Å²) in [7, 11) is 0. The third-order valence-corrected chi connectivity index (χ3v) is 7.98. The van der Waals surface area contributed by atoms with Crippen LogP contribution in [-0.4, -0.2) is 66.2 Å². The number of nitrogens with zero attached hydrogens (tertiary/aromatic N) is 3. The number of para-hydroxylation sites is 1. The minimum Gasteiger partial charge on any atom is -0.454 e. The van der Waals surface area contributed by atoms with E-state index in [0.29, 0.717) is 57.1 Å². The van der Waals surface area contributed by atoms with Gasteiger partial charge in [0.25, 0.3) is 5.91 Å². The highest BCUT2D eigenvalue weighted by atomic mass is 16.7. The van der Waals surface area contributed by atoms with Gasteiger partial charge in [-0.25, -0.2) is 0 Å². The second-order valence-corrected chi connectivity index (χ2v) is 10.4. The van der Waals surface area contributed by atoms with Crippen molar-refractivity contribution in [1.29, 1.82) is 0 Å². The number of ether oxygens (including phenoxy) is 2. The van der Waals surface area contributed by atoms with Gasteiger partial charge in [0.1, 0.15) is 12.1 Å². The van der Waals surface area contributed by atoms with E-state index in [-0.39, 0.29) is 31.1 Å². The molecule has 3 aromatic rings. The van der Waals surface area contributed by atoms with E-state index >= 15 is 0 Å². The van der Waals surface area contributed by atoms with Crippen molar-refractivity contribution in [2.45, 2.75) is 31.3 Å². The first-order valence-electron chi connectivity index (χ1n) is 13.6. The van der Waals surface area contributed by atoms with E-state index in [0.717, 1.165) is 16.8 Å². The number of amides is 3. The molecule has 0 unspecified atom stereocenters. The monoisotopic (exact) mass is 540 g/mol. The van der Waals surface area contributed by atoms with Gasteiger partial charge < -0.3 is 29.5 Å². The second-order valence-electron chi connectivity index (χ2n) is 10.4. The minimum absolute atomic E-state index is 0.0366. The maximum Gasteiger partial charge on any atom is 0.250 e. The molecule has 0 aliphatic carbocycles. The normalized spacial score (nSPS) is 17.4. The molecule has 0 atom stereocenters. The molecule has 3 aromatic carbocycles. The Hall–Kier alpha value is -4.53. The Morgan fingerprint density at radius 2 is 1.55 bits per heavy atom. The second kappa shape index (κ2) is 10.9. The molecule has 2 saturated heterocycles. The molecule has 9 nitrogen and oxygen atoms in total. The van der Waals surface area contributed by atoms with Crippen molar-refractivity contribution in [2.75, 3.05) is 38.0 Å². The van der Waals surface area contributed by atoms with Gasteiger partial charge in [0.2, 0.25) is 18.6 Å². The number of benzene rings is 3. The molecular weight excluding hydrogens is 508 g/mol. The molecule has 9 heteroatoms. The van der Waals surface area contributed by atoms with Crippen LogP contribution >= 0.6 is 0 Å². The Kier molecular flexibility index (Phi) is 7.02. The third-order valence-electron chi connectivity index (χ3n) is 7.98. The van der Waals surface area contributed by atoms with Crippen molar-refractivity contribution < 1.29 is 23.9 Å². The lowest BCUT2D eigenvalue weighted by molar-refractivity contribution is -0.139. The summed E-state index contributed by atoms with van der Waals surface area (Å²) >= 11 is 0. The molecule has 3 amide bonds. The quantitative estimate of drug-likeness (QED) is 0.496. The largest absolute Gasteiger partial charge is 0.454 e. The van der Waals surface area contributed by atoms with Crippen molar-refractivity contribution in [3.05, 3.63) is 90.0 Å². The van der Waals surface area contributed by atoms with Gasteiger partial charge in [-0.05, 0) is 48.2 Å². The maximum atomic E-state index is 13.9. The van der Waals surface area contributed by atoms with Gasteiger partial charge >= 0.3 is 0 Å². The van der Waals surface area contributed by atoms with Crippen LogP contribution in [0.2, 0.25) is 0 Å². The van der Waals surface area contributed by atoms with Crippen LogP contribution in [0.4, 0.5) is 5.69 Å². The average molecular weight is 541 g/mol. The van der Waals surface area contributed by atoms with Crippen molar-refractivity contribution in [3.63, 3.8) is 0 Å². The van der Waals surface area contributed by atoms with Gasteiger partial charge in [0.05, 0.1) is 13.1 Å². The Morgan fingerprint density at radius 1 is 0.850 bits per heavy atom. The highest BCUT2D eigenvalue weighted by Gasteiger charge is 2.54. The van der Waals surface area contributed by atoms with E-state index in [2.05, 4.69) is 10.2 Å². The summed E-state index contributed by atoms with van der Waals surface area (Å²) in [5, 5.41) is 2.93. The van der Waals surface area contributed by atoms with Crippen LogP contribution in [0.3, 0.4) is 0 Å². The van der Waals surface area contributed by atoms with E-state index in [4.69, 9.17) is 9.47 Å². The fraction of sp³-hybridized carbons (Fsp3) is 0.323. The molecule has 206 valence electrons. The zero-order chi connectivity index (χ0) is 27.5. The van der Waals surface area contributed by atoms with Crippen molar-refractivity contribution >= 4 is 23.4 Å². The number of carbonyl (C=O) groups is 3. The fourth-order valence-corrected chi connectivity index (χ4v) is 5.81. The SMILES string of the molecule is O=C(CN1CN(c2ccccc2)C2(CCN(C(=O)Cc3ccccc3)CC2)C1=O)NCc1ccc2c(c1)OCO2. The molecular formula is C31H32N4O5. The Balaban J connectivity index is 1.12. The summed E-state index contributed by atoms with van der Waals surface area (Å²) in [6.07, 6.45) is 1.37. The first-order chi connectivity index (χ1) is 19.5. The number of fused-ring (bicyclic) bond motifs is 1. The molecule has 0 aromatic heterocycles. The minimum atomic E-state index is -0.789. The maximum absolute atomic E-state index is 13.9. The summed E-state index contributed by atoms with van der Waals surface area (Å²) in [4.78, 5) is 45.5. The van der Waals surface area contributed by atoms with Gasteiger partial charge in [0.15, 0.2) is 11.5 Å². The van der Waals surface area contributed by atoms with Gasteiger partial charge in [-0.2, -0.15) is 0 Å². The molecule has 2 fully saturated rings. The summed E-state index contributed by atoms with van der Waals surface area (Å²) in [5.74, 6) is 1.13. The van der Waals surface area contributed by atoms with Crippen LogP contribution in [0.25, 0.3) is 0 Å². The number of rotatable bonds is 7. The Bertz CT molecular complexity index is 1390. The third kappa shape index (κ3) is 5.06. The molecule has 0 saturated carbocycles. The topological polar surface area (TPSA) is 91.4 Å². The van der Waals surface area contributed by atoms with Crippen LogP contribution in [0.5, 0.6) is 11.5 Å². The van der Waals surface area contributed by atoms with Gasteiger partial charge in [0, 0.05) is 25.3 Å². The van der Waals surface area contributed by atoms with Crippen molar-refractivity contribution in [2.24, 2.45) is 0 Å². The highest BCUT2D eigenvalue weighted by Crippen LogP contribution is 2.39. The van der Waals surface area contributed by atoms with Crippen LogP contribution in [0.15, 0.2) is 78.9 Å². The Labute approximate surface area is 233 Å². The number of anilines is 1. The number of hydrogen-bond acceptors (Lipinski definition) is 6. The Morgan fingerprint density at radius 3 is 2.30 bits per heavy atom. The molecule has 3 aliphatic heterocycles. The summed E-state index contributed by atoms with van der Waals surface area (Å²) in [6.45, 7) is 1.78. The number of likely N-dealkylation sites (tertiary alicyclic amines) is 1. The molecule has 6 rings (SSSR count). The van der Waals surface area contributed by atoms with E-state index in [1.54, 1.807) is 4.90 Å². The summed E-state index contributed by atoms with van der Waals surface area (Å²) in [5.41, 5.74) is 2.01. The molecule has 0 radical (unpaired) electrons. The number of hydrogen-bond donors (Lipinski definition) is 1. The van der Waals surface area contributed by atoms with Crippen molar-refractivity contribution in [1.82, 2.24) is 15.1 Å². The lowest BCUT2D eigenvalue weighted by atomic mass is 9.85. The molecule has 0 bridgehead atoms. The lowest BCUT2D eigenvalue weighted by Gasteiger charge is -2.43. The van der Waals surface area contributed by atoms with Crippen LogP contribution in [0.1, 0.15) is 24.0 Å². The first-order valence-corrected chi connectivity index (χ1v) is 13.6. The van der Waals surface area contributed by atoms with E-state index < -0.39 is 5.54 Å². The standard InChI is InChI=1S/C31H32N4O5/c36-28(32-19-24-11-12-26-27(17-24)40-22-39-26)20-34-21-35(25-9-5-2-6-10-25)31(30(34)38)13-15-33(16-14-31)29(37)18-23-7-3-1-4-8-23/h1-12,17H,13-16,18-22H2,(H,32,36). The van der Waals surface area contributed by atoms with Crippen LogP contribution in [-0.2, 0) is 27.3 Å². The molecule has 1 N–H and O–H groups in total. The summed E-state index contributed by atoms with van der Waals surface area (Å²) in [6, 6.07) is 25.1. The predicted octanol–water partition coefficient (Wildman–Crippen LogP) is 2.94. The average Bonchev–Trinajstić information content (AvgIpc) is 3.56. The highest BCUT2D eigenvalue weighted by molar-refractivity contribution is 5.96. The first kappa shape index (κ1) is 25.7. The molecule has 3 heterocycles. The molecule has 40 heavy (non-hydrogen) atoms. The van der Waals surface area contributed by atoms with Gasteiger partial charge in [-0.3, -0.25) is 14.4 Å². The fourth-order valence-electron chi connectivity index (χ4n) is 5.81. The number of carbonyl (C=O) groups excluding carboxylic acids is 3. The zero-order valence-corrected chi connectivity index (χ0v) is 22.3. The van der Waals surface area contributed by atoms with Crippen LogP contribution < -0.4 is 19.7 Å². The zero-order valence-electron chi connectivity index (χ0n) is 22.3. The number of piperidine rings is 1. The molecule has 1 spiro atoms. The lowest BCUT2D eigenvalue weighted by Crippen LogP contribution is -2.57. The van der Waals surface area contributed by atoms with E-state index in [9.17, 15) is 14.4 Å². The predicted molar refractivity (Wildman–Crippen MR) is 149 cm³/mol. The summed E-state index contributed by atoms with van der Waals surface area (Å²) < 4.78 is 10.8.